The summed E-state index contributed by atoms with van der Waals surface area (Å²) in [6.45, 7) is 0. The monoisotopic (exact) mass is 266 g/mol. The molecular formula is C12H23ClO2S. The minimum atomic E-state index is -2.79. The maximum absolute atomic E-state index is 11.8. The van der Waals surface area contributed by atoms with Gasteiger partial charge in [-0.3, -0.25) is 0 Å². The number of sulfone groups is 1. The zero-order valence-electron chi connectivity index (χ0n) is 9.96. The van der Waals surface area contributed by atoms with Gasteiger partial charge in [-0.15, -0.1) is 11.6 Å². The Balaban J connectivity index is 2.13. The molecule has 4 heteroatoms. The highest BCUT2D eigenvalue weighted by Gasteiger charge is 2.21. The molecule has 0 unspecified atom stereocenters. The number of hydrogen-bond donors (Lipinski definition) is 0. The fourth-order valence-corrected chi connectivity index (χ4v) is 4.44. The first-order chi connectivity index (χ1) is 7.64. The number of unbranched alkanes of at least 4 members (excludes halogenated alkanes) is 3. The summed E-state index contributed by atoms with van der Waals surface area (Å²) >= 11 is 5.57. The fraction of sp³-hybridized carbons (Fsp3) is 1.00. The van der Waals surface area contributed by atoms with E-state index in [1.807, 2.05) is 0 Å². The molecule has 1 aliphatic carbocycles. The van der Waals surface area contributed by atoms with Crippen LogP contribution < -0.4 is 0 Å². The van der Waals surface area contributed by atoms with Crippen molar-refractivity contribution in [3.63, 3.8) is 0 Å². The summed E-state index contributed by atoms with van der Waals surface area (Å²) in [7, 11) is -2.79. The second kappa shape index (κ2) is 7.54. The largest absolute Gasteiger partial charge is 0.229 e. The third-order valence-electron chi connectivity index (χ3n) is 3.30. The highest BCUT2D eigenvalue weighted by molar-refractivity contribution is 7.91. The van der Waals surface area contributed by atoms with Crippen LogP contribution in [0.15, 0.2) is 0 Å². The molecule has 0 amide bonds. The minimum absolute atomic E-state index is 0.381. The van der Waals surface area contributed by atoms with Gasteiger partial charge in [0.1, 0.15) is 0 Å². The van der Waals surface area contributed by atoms with E-state index in [1.54, 1.807) is 0 Å². The van der Waals surface area contributed by atoms with Crippen LogP contribution in [-0.2, 0) is 9.84 Å². The van der Waals surface area contributed by atoms with Crippen LogP contribution in [0.1, 0.15) is 51.4 Å². The Labute approximate surface area is 105 Å². The Hall–Kier alpha value is 0.240. The van der Waals surface area contributed by atoms with Crippen molar-refractivity contribution < 1.29 is 8.42 Å². The minimum Gasteiger partial charge on any atom is -0.229 e. The highest BCUT2D eigenvalue weighted by atomic mass is 35.5. The van der Waals surface area contributed by atoms with E-state index in [1.165, 1.54) is 12.8 Å². The van der Waals surface area contributed by atoms with Crippen LogP contribution in [0.3, 0.4) is 0 Å². The average Bonchev–Trinajstić information content (AvgIpc) is 2.69. The van der Waals surface area contributed by atoms with E-state index >= 15 is 0 Å². The molecule has 0 aromatic carbocycles. The van der Waals surface area contributed by atoms with Gasteiger partial charge in [-0.2, -0.15) is 0 Å². The topological polar surface area (TPSA) is 34.1 Å². The first-order valence-corrected chi connectivity index (χ1v) is 8.76. The van der Waals surface area contributed by atoms with Gasteiger partial charge in [0.15, 0.2) is 9.84 Å². The Bertz CT molecular complexity index is 269. The van der Waals surface area contributed by atoms with Crippen molar-refractivity contribution in [2.24, 2.45) is 5.92 Å². The van der Waals surface area contributed by atoms with Crippen molar-refractivity contribution in [2.75, 3.05) is 17.4 Å². The summed E-state index contributed by atoms with van der Waals surface area (Å²) in [5, 5.41) is 0. The molecule has 0 aromatic rings. The van der Waals surface area contributed by atoms with Crippen LogP contribution in [-0.4, -0.2) is 25.8 Å². The van der Waals surface area contributed by atoms with Crippen LogP contribution in [0.5, 0.6) is 0 Å². The molecule has 1 rings (SSSR count). The standard InChI is InChI=1S/C12H23ClO2S/c13-9-5-1-2-6-10-16(14,15)11-12-7-3-4-8-12/h12H,1-11H2. The van der Waals surface area contributed by atoms with Crippen molar-refractivity contribution in [2.45, 2.75) is 51.4 Å². The third-order valence-corrected chi connectivity index (χ3v) is 5.46. The molecule has 0 saturated heterocycles. The lowest BCUT2D eigenvalue weighted by Crippen LogP contribution is -2.17. The van der Waals surface area contributed by atoms with E-state index in [4.69, 9.17) is 11.6 Å². The summed E-state index contributed by atoms with van der Waals surface area (Å²) in [4.78, 5) is 0. The van der Waals surface area contributed by atoms with Crippen molar-refractivity contribution in [3.8, 4) is 0 Å². The summed E-state index contributed by atoms with van der Waals surface area (Å²) in [5.74, 6) is 1.95. The summed E-state index contributed by atoms with van der Waals surface area (Å²) in [6.07, 6.45) is 8.54. The predicted octanol–water partition coefficient (Wildman–Crippen LogP) is 3.39. The van der Waals surface area contributed by atoms with E-state index in [0.717, 1.165) is 38.5 Å². The van der Waals surface area contributed by atoms with Gasteiger partial charge in [-0.25, -0.2) is 8.42 Å². The van der Waals surface area contributed by atoms with Crippen LogP contribution >= 0.6 is 11.6 Å². The molecular weight excluding hydrogens is 244 g/mol. The third kappa shape index (κ3) is 6.09. The van der Waals surface area contributed by atoms with Gasteiger partial charge < -0.3 is 0 Å². The average molecular weight is 267 g/mol. The van der Waals surface area contributed by atoms with Gasteiger partial charge in [0.05, 0.1) is 11.5 Å². The Kier molecular flexibility index (Phi) is 6.74. The first kappa shape index (κ1) is 14.3. The van der Waals surface area contributed by atoms with Gasteiger partial charge in [-0.1, -0.05) is 25.7 Å². The fourth-order valence-electron chi connectivity index (χ4n) is 2.39. The van der Waals surface area contributed by atoms with Gasteiger partial charge in [0.25, 0.3) is 0 Å². The normalized spacial score (nSPS) is 18.1. The van der Waals surface area contributed by atoms with Gasteiger partial charge in [-0.05, 0) is 31.6 Å². The summed E-state index contributed by atoms with van der Waals surface area (Å²) in [5.41, 5.74) is 0. The number of alkyl halides is 1. The lowest BCUT2D eigenvalue weighted by Gasteiger charge is -2.09. The zero-order valence-corrected chi connectivity index (χ0v) is 11.5. The molecule has 0 aliphatic heterocycles. The van der Waals surface area contributed by atoms with E-state index in [2.05, 4.69) is 0 Å². The molecule has 0 atom stereocenters. The second-order valence-electron chi connectivity index (χ2n) is 4.87. The van der Waals surface area contributed by atoms with Gasteiger partial charge >= 0.3 is 0 Å². The van der Waals surface area contributed by atoms with Gasteiger partial charge in [0.2, 0.25) is 0 Å². The Morgan fingerprint density at radius 1 is 1.00 bits per heavy atom. The van der Waals surface area contributed by atoms with E-state index < -0.39 is 9.84 Å². The first-order valence-electron chi connectivity index (χ1n) is 6.40. The summed E-state index contributed by atoms with van der Waals surface area (Å²) < 4.78 is 23.6. The van der Waals surface area contributed by atoms with Crippen LogP contribution in [0.2, 0.25) is 0 Å². The molecule has 0 spiro atoms. The molecule has 0 radical (unpaired) electrons. The lowest BCUT2D eigenvalue weighted by molar-refractivity contribution is 0.554. The maximum Gasteiger partial charge on any atom is 0.150 e. The quantitative estimate of drug-likeness (QED) is 0.499. The van der Waals surface area contributed by atoms with Crippen molar-refractivity contribution in [1.29, 1.82) is 0 Å². The van der Waals surface area contributed by atoms with Crippen molar-refractivity contribution >= 4 is 21.4 Å². The van der Waals surface area contributed by atoms with Crippen LogP contribution in [0, 0.1) is 5.92 Å². The molecule has 2 nitrogen and oxygen atoms in total. The molecule has 16 heavy (non-hydrogen) atoms. The number of rotatable bonds is 8. The maximum atomic E-state index is 11.8. The van der Waals surface area contributed by atoms with Crippen molar-refractivity contribution in [1.82, 2.24) is 0 Å². The molecule has 0 heterocycles. The van der Waals surface area contributed by atoms with Gasteiger partial charge in [0, 0.05) is 5.88 Å². The number of hydrogen-bond acceptors (Lipinski definition) is 2. The molecule has 0 bridgehead atoms. The Morgan fingerprint density at radius 2 is 1.62 bits per heavy atom. The molecule has 0 N–H and O–H groups in total. The smallest absolute Gasteiger partial charge is 0.150 e. The zero-order chi connectivity index (χ0) is 11.9. The van der Waals surface area contributed by atoms with Crippen LogP contribution in [0.4, 0.5) is 0 Å². The van der Waals surface area contributed by atoms with Crippen LogP contribution in [0.25, 0.3) is 0 Å². The van der Waals surface area contributed by atoms with Crippen molar-refractivity contribution in [3.05, 3.63) is 0 Å². The van der Waals surface area contributed by atoms with E-state index in [0.29, 0.717) is 23.3 Å². The molecule has 1 aliphatic rings. The number of halogens is 1. The highest BCUT2D eigenvalue weighted by Crippen LogP contribution is 2.26. The SMILES string of the molecule is O=S(=O)(CCCCCCCl)CC1CCCC1. The Morgan fingerprint density at radius 3 is 2.25 bits per heavy atom. The molecule has 1 saturated carbocycles. The molecule has 1 fully saturated rings. The summed E-state index contributed by atoms with van der Waals surface area (Å²) in [6, 6.07) is 0. The lowest BCUT2D eigenvalue weighted by atomic mass is 10.1. The van der Waals surface area contributed by atoms with E-state index in [9.17, 15) is 8.42 Å². The molecule has 96 valence electrons. The second-order valence-corrected chi connectivity index (χ2v) is 7.47. The molecule has 0 aromatic heterocycles. The predicted molar refractivity (Wildman–Crippen MR) is 69.8 cm³/mol. The van der Waals surface area contributed by atoms with E-state index in [-0.39, 0.29) is 0 Å².